The van der Waals surface area contributed by atoms with E-state index in [-0.39, 0.29) is 33.0 Å². The first kappa shape index (κ1) is 19.8. The minimum absolute atomic E-state index is 0.0240. The number of carbonyl (C=O) groups excluding carboxylic acids is 1. The average Bonchev–Trinajstić information content (AvgIpc) is 3.08. The second-order valence-corrected chi connectivity index (χ2v) is 8.83. The normalized spacial score (nSPS) is 11.5. The minimum atomic E-state index is -3.36. The van der Waals surface area contributed by atoms with Crippen molar-refractivity contribution >= 4 is 50.0 Å². The molecule has 0 bridgehead atoms. The lowest BCUT2D eigenvalue weighted by Gasteiger charge is -2.04. The number of nitrogens with one attached hydrogen (secondary N) is 1. The van der Waals surface area contributed by atoms with Crippen molar-refractivity contribution < 1.29 is 22.6 Å². The zero-order valence-corrected chi connectivity index (χ0v) is 16.2. The number of nitro benzene ring substituents is 1. The van der Waals surface area contributed by atoms with Gasteiger partial charge in [-0.3, -0.25) is 14.9 Å². The van der Waals surface area contributed by atoms with Crippen LogP contribution in [0.5, 0.6) is 0 Å². The van der Waals surface area contributed by atoms with Gasteiger partial charge in [-0.1, -0.05) is 30.8 Å². The number of hydrogen-bond acceptors (Lipinski definition) is 8. The van der Waals surface area contributed by atoms with Crippen LogP contribution in [0.15, 0.2) is 57.0 Å². The number of aromatic nitrogens is 1. The monoisotopic (exact) mass is 421 g/mol. The molecule has 0 spiro atoms. The van der Waals surface area contributed by atoms with Crippen molar-refractivity contribution in [3.63, 3.8) is 0 Å². The van der Waals surface area contributed by atoms with Crippen LogP contribution in [-0.2, 0) is 14.6 Å². The molecule has 0 aliphatic carbocycles. The van der Waals surface area contributed by atoms with Crippen LogP contribution >= 0.6 is 11.8 Å². The molecule has 3 rings (SSSR count). The van der Waals surface area contributed by atoms with Gasteiger partial charge in [0.25, 0.3) is 10.9 Å². The van der Waals surface area contributed by atoms with Gasteiger partial charge in [-0.25, -0.2) is 13.4 Å². The van der Waals surface area contributed by atoms with Crippen LogP contribution in [-0.4, -0.2) is 35.7 Å². The van der Waals surface area contributed by atoms with Gasteiger partial charge >= 0.3 is 0 Å². The largest absolute Gasteiger partial charge is 0.431 e. The van der Waals surface area contributed by atoms with E-state index in [1.165, 1.54) is 36.4 Å². The number of carbonyl (C=O) groups is 1. The SMILES string of the molecule is CCS(=O)(=O)c1ccc2oc(SCC(=O)Nc3ccccc3[N+](=O)[O-])nc2c1. The van der Waals surface area contributed by atoms with E-state index in [2.05, 4.69) is 10.3 Å². The van der Waals surface area contributed by atoms with Gasteiger partial charge in [0.2, 0.25) is 5.91 Å². The summed E-state index contributed by atoms with van der Waals surface area (Å²) in [7, 11) is -3.36. The second kappa shape index (κ2) is 7.98. The van der Waals surface area contributed by atoms with Crippen molar-refractivity contribution in [3.8, 4) is 0 Å². The van der Waals surface area contributed by atoms with Crippen LogP contribution < -0.4 is 5.32 Å². The van der Waals surface area contributed by atoms with E-state index in [1.807, 2.05) is 0 Å². The Morgan fingerprint density at radius 3 is 2.75 bits per heavy atom. The van der Waals surface area contributed by atoms with Crippen LogP contribution in [0.2, 0.25) is 0 Å². The molecule has 1 heterocycles. The number of nitro groups is 1. The standard InChI is InChI=1S/C17H15N3O6S2/c1-2-28(24,25)11-7-8-15-13(9-11)19-17(26-15)27-10-16(21)18-12-5-3-4-6-14(12)20(22)23/h3-9H,2,10H2,1H3,(H,18,21). The van der Waals surface area contributed by atoms with E-state index in [0.29, 0.717) is 11.1 Å². The molecule has 0 aliphatic rings. The lowest BCUT2D eigenvalue weighted by Crippen LogP contribution is -2.15. The summed E-state index contributed by atoms with van der Waals surface area (Å²) < 4.78 is 29.4. The van der Waals surface area contributed by atoms with Gasteiger partial charge in [0.05, 0.1) is 21.3 Å². The zero-order valence-electron chi connectivity index (χ0n) is 14.6. The Kier molecular flexibility index (Phi) is 5.66. The van der Waals surface area contributed by atoms with Gasteiger partial charge in [0, 0.05) is 6.07 Å². The molecule has 0 atom stereocenters. The average molecular weight is 421 g/mol. The lowest BCUT2D eigenvalue weighted by atomic mass is 10.2. The summed E-state index contributed by atoms with van der Waals surface area (Å²) in [5.41, 5.74) is 0.672. The van der Waals surface area contributed by atoms with Crippen molar-refractivity contribution in [2.75, 3.05) is 16.8 Å². The smallest absolute Gasteiger partial charge is 0.292 e. The number of anilines is 1. The summed E-state index contributed by atoms with van der Waals surface area (Å²) in [6.07, 6.45) is 0. The van der Waals surface area contributed by atoms with E-state index in [1.54, 1.807) is 13.0 Å². The van der Waals surface area contributed by atoms with Crippen LogP contribution in [0.3, 0.4) is 0 Å². The molecule has 0 radical (unpaired) electrons. The molecule has 0 aliphatic heterocycles. The molecule has 1 aromatic heterocycles. The summed E-state index contributed by atoms with van der Waals surface area (Å²) >= 11 is 0.998. The predicted molar refractivity (Wildman–Crippen MR) is 104 cm³/mol. The summed E-state index contributed by atoms with van der Waals surface area (Å²) in [4.78, 5) is 26.8. The van der Waals surface area contributed by atoms with Gasteiger partial charge < -0.3 is 9.73 Å². The van der Waals surface area contributed by atoms with Crippen molar-refractivity contribution in [3.05, 3.63) is 52.6 Å². The molecule has 9 nitrogen and oxygen atoms in total. The summed E-state index contributed by atoms with van der Waals surface area (Å²) in [6.45, 7) is 1.55. The van der Waals surface area contributed by atoms with E-state index >= 15 is 0 Å². The molecule has 11 heteroatoms. The number of fused-ring (bicyclic) bond motifs is 1. The van der Waals surface area contributed by atoms with E-state index in [0.717, 1.165) is 11.8 Å². The molecule has 2 aromatic carbocycles. The minimum Gasteiger partial charge on any atom is -0.431 e. The molecular weight excluding hydrogens is 406 g/mol. The van der Waals surface area contributed by atoms with Gasteiger partial charge in [-0.2, -0.15) is 0 Å². The summed E-state index contributed by atoms with van der Waals surface area (Å²) in [6, 6.07) is 10.2. The number of sulfone groups is 1. The number of oxazole rings is 1. The van der Waals surface area contributed by atoms with Crippen molar-refractivity contribution in [1.29, 1.82) is 0 Å². The summed E-state index contributed by atoms with van der Waals surface area (Å²) in [5.74, 6) is -0.571. The van der Waals surface area contributed by atoms with Crippen LogP contribution in [0.4, 0.5) is 11.4 Å². The van der Waals surface area contributed by atoms with Crippen molar-refractivity contribution in [2.45, 2.75) is 17.0 Å². The molecule has 3 aromatic rings. The maximum Gasteiger partial charge on any atom is 0.292 e. The fourth-order valence-corrected chi connectivity index (χ4v) is 3.90. The van der Waals surface area contributed by atoms with Gasteiger partial charge in [0.15, 0.2) is 15.4 Å². The number of amides is 1. The number of hydrogen-bond donors (Lipinski definition) is 1. The number of nitrogens with zero attached hydrogens (tertiary/aromatic N) is 2. The van der Waals surface area contributed by atoms with Crippen LogP contribution in [0.25, 0.3) is 11.1 Å². The number of thioether (sulfide) groups is 1. The second-order valence-electron chi connectivity index (χ2n) is 5.62. The molecule has 0 fully saturated rings. The Morgan fingerprint density at radius 2 is 2.04 bits per heavy atom. The maximum atomic E-state index is 12.1. The van der Waals surface area contributed by atoms with Crippen molar-refractivity contribution in [1.82, 2.24) is 4.98 Å². The topological polar surface area (TPSA) is 132 Å². The highest BCUT2D eigenvalue weighted by molar-refractivity contribution is 7.99. The Labute approximate surface area is 164 Å². The Balaban J connectivity index is 1.70. The van der Waals surface area contributed by atoms with Gasteiger partial charge in [0.1, 0.15) is 11.2 Å². The van der Waals surface area contributed by atoms with Crippen molar-refractivity contribution in [2.24, 2.45) is 0 Å². The van der Waals surface area contributed by atoms with Crippen LogP contribution in [0, 0.1) is 10.1 Å². The summed E-state index contributed by atoms with van der Waals surface area (Å²) in [5, 5.41) is 13.7. The highest BCUT2D eigenvalue weighted by atomic mass is 32.2. The molecule has 0 unspecified atom stereocenters. The molecule has 0 saturated heterocycles. The molecule has 1 amide bonds. The maximum absolute atomic E-state index is 12.1. The van der Waals surface area contributed by atoms with Crippen LogP contribution in [0.1, 0.15) is 6.92 Å². The van der Waals surface area contributed by atoms with E-state index in [9.17, 15) is 23.3 Å². The Morgan fingerprint density at radius 1 is 1.29 bits per heavy atom. The highest BCUT2D eigenvalue weighted by Gasteiger charge is 2.17. The molecule has 146 valence electrons. The Hall–Kier alpha value is -2.92. The van der Waals surface area contributed by atoms with Gasteiger partial charge in [-0.05, 0) is 24.3 Å². The third-order valence-electron chi connectivity index (χ3n) is 3.78. The fourth-order valence-electron chi connectivity index (χ4n) is 2.36. The third kappa shape index (κ3) is 4.31. The zero-order chi connectivity index (χ0) is 20.3. The molecule has 0 saturated carbocycles. The quantitative estimate of drug-likeness (QED) is 0.349. The molecular formula is C17H15N3O6S2. The Bertz CT molecular complexity index is 1160. The third-order valence-corrected chi connectivity index (χ3v) is 6.34. The van der Waals surface area contributed by atoms with E-state index in [4.69, 9.17) is 4.42 Å². The fraction of sp³-hybridized carbons (Fsp3) is 0.176. The first-order chi connectivity index (χ1) is 13.3. The molecule has 28 heavy (non-hydrogen) atoms. The van der Waals surface area contributed by atoms with Gasteiger partial charge in [-0.15, -0.1) is 0 Å². The lowest BCUT2D eigenvalue weighted by molar-refractivity contribution is -0.383. The van der Waals surface area contributed by atoms with E-state index < -0.39 is 20.7 Å². The number of para-hydroxylation sites is 2. The first-order valence-electron chi connectivity index (χ1n) is 8.09. The number of rotatable bonds is 7. The molecule has 1 N–H and O–H groups in total. The predicted octanol–water partition coefficient (Wildman–Crippen LogP) is 3.26. The highest BCUT2D eigenvalue weighted by Crippen LogP contribution is 2.27. The number of benzene rings is 2. The first-order valence-corrected chi connectivity index (χ1v) is 10.7.